The van der Waals surface area contributed by atoms with Gasteiger partial charge in [0.1, 0.15) is 0 Å². The van der Waals surface area contributed by atoms with Crippen LogP contribution >= 0.6 is 23.2 Å². The van der Waals surface area contributed by atoms with E-state index >= 15 is 0 Å². The van der Waals surface area contributed by atoms with Crippen LogP contribution in [0.4, 0.5) is 5.69 Å². The first-order chi connectivity index (χ1) is 11.8. The van der Waals surface area contributed by atoms with Gasteiger partial charge in [-0.25, -0.2) is 4.90 Å². The maximum absolute atomic E-state index is 13.1. The Morgan fingerprint density at radius 2 is 1.60 bits per heavy atom. The molecule has 1 unspecified atom stereocenters. The molecule has 1 aliphatic heterocycles. The van der Waals surface area contributed by atoms with Gasteiger partial charge in [0.2, 0.25) is 11.8 Å². The van der Waals surface area contributed by atoms with Gasteiger partial charge in [-0.15, -0.1) is 0 Å². The number of imide groups is 1. The number of benzene rings is 2. The van der Waals surface area contributed by atoms with Crippen molar-refractivity contribution in [2.24, 2.45) is 5.41 Å². The van der Waals surface area contributed by atoms with E-state index in [9.17, 15) is 9.59 Å². The topological polar surface area (TPSA) is 61.2 Å². The average Bonchev–Trinajstić information content (AvgIpc) is 2.72. The van der Waals surface area contributed by atoms with Crippen LogP contribution in [-0.4, -0.2) is 11.8 Å². The quantitative estimate of drug-likeness (QED) is 0.726. The second-order valence-electron chi connectivity index (χ2n) is 6.49. The second-order valence-corrected chi connectivity index (χ2v) is 7.37. The highest BCUT2D eigenvalue weighted by molar-refractivity contribution is 6.36. The molecule has 1 heterocycles. The number of halogens is 2. The summed E-state index contributed by atoms with van der Waals surface area (Å²) in [6.45, 7) is 3.48. The number of nitrogens with zero attached hydrogens (tertiary/aromatic N) is 2. The van der Waals surface area contributed by atoms with Crippen molar-refractivity contribution in [3.8, 4) is 6.07 Å². The van der Waals surface area contributed by atoms with E-state index in [0.29, 0.717) is 26.9 Å². The summed E-state index contributed by atoms with van der Waals surface area (Å²) < 4.78 is 0. The molecule has 1 atom stereocenters. The third-order valence-corrected chi connectivity index (χ3v) is 4.86. The van der Waals surface area contributed by atoms with Gasteiger partial charge in [-0.3, -0.25) is 9.59 Å². The number of hydrogen-bond acceptors (Lipinski definition) is 3. The second kappa shape index (κ2) is 6.18. The Morgan fingerprint density at radius 1 is 1.04 bits per heavy atom. The molecule has 6 heteroatoms. The van der Waals surface area contributed by atoms with Crippen LogP contribution in [0.2, 0.25) is 10.0 Å². The van der Waals surface area contributed by atoms with Gasteiger partial charge in [0.25, 0.3) is 0 Å². The van der Waals surface area contributed by atoms with E-state index < -0.39 is 11.3 Å². The summed E-state index contributed by atoms with van der Waals surface area (Å²) in [4.78, 5) is 27.1. The number of amides is 2. The molecule has 1 saturated heterocycles. The molecule has 126 valence electrons. The molecule has 1 fully saturated rings. The number of carbonyl (C=O) groups is 2. The van der Waals surface area contributed by atoms with Crippen molar-refractivity contribution >= 4 is 40.7 Å². The molecule has 0 aromatic heterocycles. The first-order valence-electron chi connectivity index (χ1n) is 7.60. The minimum Gasteiger partial charge on any atom is -0.273 e. The smallest absolute Gasteiger partial charge is 0.242 e. The summed E-state index contributed by atoms with van der Waals surface area (Å²) in [5.74, 6) is -1.30. The van der Waals surface area contributed by atoms with E-state index in [0.717, 1.165) is 4.90 Å². The van der Waals surface area contributed by atoms with Crippen molar-refractivity contribution in [2.75, 3.05) is 4.90 Å². The highest BCUT2D eigenvalue weighted by Gasteiger charge is 2.54. The fraction of sp³-hybridized carbons (Fsp3) is 0.211. The molecule has 1 aliphatic rings. The summed E-state index contributed by atoms with van der Waals surface area (Å²) in [5.41, 5.74) is 0.617. The minimum absolute atomic E-state index is 0.315. The van der Waals surface area contributed by atoms with Crippen LogP contribution in [0.1, 0.15) is 30.9 Å². The van der Waals surface area contributed by atoms with Crippen LogP contribution in [0.15, 0.2) is 42.5 Å². The first-order valence-corrected chi connectivity index (χ1v) is 8.36. The lowest BCUT2D eigenvalue weighted by Gasteiger charge is -2.22. The minimum atomic E-state index is -0.931. The number of carbonyl (C=O) groups excluding carboxylic acids is 2. The molecular weight excluding hydrogens is 359 g/mol. The van der Waals surface area contributed by atoms with Crippen molar-refractivity contribution in [1.29, 1.82) is 5.26 Å². The maximum atomic E-state index is 13.1. The summed E-state index contributed by atoms with van der Waals surface area (Å²) in [5, 5.41) is 9.63. The monoisotopic (exact) mass is 372 g/mol. The molecule has 25 heavy (non-hydrogen) atoms. The summed E-state index contributed by atoms with van der Waals surface area (Å²) in [6, 6.07) is 13.4. The van der Waals surface area contributed by atoms with Gasteiger partial charge in [0.15, 0.2) is 0 Å². The number of hydrogen-bond donors (Lipinski definition) is 0. The standard InChI is InChI=1S/C19H14Cl2N2O2/c1-19(2)16(12-5-3-11(10-22)4-6-12)17(24)23(18(19)25)15-8-13(20)7-14(21)9-15/h3-9,16H,1-2H3. The van der Waals surface area contributed by atoms with Crippen LogP contribution in [-0.2, 0) is 9.59 Å². The largest absolute Gasteiger partial charge is 0.273 e. The third kappa shape index (κ3) is 2.90. The van der Waals surface area contributed by atoms with Crippen molar-refractivity contribution in [1.82, 2.24) is 0 Å². The summed E-state index contributed by atoms with van der Waals surface area (Å²) in [6.07, 6.45) is 0. The summed E-state index contributed by atoms with van der Waals surface area (Å²) in [7, 11) is 0. The van der Waals surface area contributed by atoms with Gasteiger partial charge in [0, 0.05) is 10.0 Å². The normalized spacial score (nSPS) is 19.2. The van der Waals surface area contributed by atoms with E-state index in [4.69, 9.17) is 28.5 Å². The van der Waals surface area contributed by atoms with Gasteiger partial charge in [0.05, 0.1) is 28.7 Å². The highest BCUT2D eigenvalue weighted by atomic mass is 35.5. The van der Waals surface area contributed by atoms with Crippen LogP contribution in [0.25, 0.3) is 0 Å². The molecule has 0 spiro atoms. The fourth-order valence-corrected chi connectivity index (χ4v) is 3.69. The van der Waals surface area contributed by atoms with Gasteiger partial charge in [-0.2, -0.15) is 5.26 Å². The van der Waals surface area contributed by atoms with E-state index in [1.807, 2.05) is 6.07 Å². The lowest BCUT2D eigenvalue weighted by Crippen LogP contribution is -2.32. The van der Waals surface area contributed by atoms with Crippen LogP contribution in [0.3, 0.4) is 0 Å². The van der Waals surface area contributed by atoms with Gasteiger partial charge >= 0.3 is 0 Å². The average molecular weight is 373 g/mol. The predicted molar refractivity (Wildman–Crippen MR) is 96.6 cm³/mol. The van der Waals surface area contributed by atoms with Gasteiger partial charge in [-0.05, 0) is 49.7 Å². The van der Waals surface area contributed by atoms with Crippen LogP contribution in [0.5, 0.6) is 0 Å². The Bertz CT molecular complexity index is 894. The van der Waals surface area contributed by atoms with Crippen molar-refractivity contribution < 1.29 is 9.59 Å². The van der Waals surface area contributed by atoms with E-state index in [-0.39, 0.29) is 11.8 Å². The molecule has 2 amide bonds. The molecule has 0 N–H and O–H groups in total. The zero-order valence-electron chi connectivity index (χ0n) is 13.6. The SMILES string of the molecule is CC1(C)C(=O)N(c2cc(Cl)cc(Cl)c2)C(=O)C1c1ccc(C#N)cc1. The molecular formula is C19H14Cl2N2O2. The Balaban J connectivity index is 2.08. The zero-order chi connectivity index (χ0) is 18.4. The molecule has 0 bridgehead atoms. The van der Waals surface area contributed by atoms with E-state index in [1.54, 1.807) is 56.3 Å². The molecule has 0 saturated carbocycles. The molecule has 2 aromatic rings. The Kier molecular flexibility index (Phi) is 4.32. The molecule has 0 aliphatic carbocycles. The maximum Gasteiger partial charge on any atom is 0.242 e. The van der Waals surface area contributed by atoms with Gasteiger partial charge < -0.3 is 0 Å². The van der Waals surface area contributed by atoms with Crippen molar-refractivity contribution in [3.63, 3.8) is 0 Å². The Hall–Kier alpha value is -2.35. The van der Waals surface area contributed by atoms with E-state index in [1.165, 1.54) is 0 Å². The molecule has 2 aromatic carbocycles. The Labute approximate surface area is 155 Å². The number of anilines is 1. The Morgan fingerprint density at radius 3 is 2.12 bits per heavy atom. The third-order valence-electron chi connectivity index (χ3n) is 4.42. The van der Waals surface area contributed by atoms with E-state index in [2.05, 4.69) is 0 Å². The van der Waals surface area contributed by atoms with Crippen molar-refractivity contribution in [3.05, 3.63) is 63.6 Å². The van der Waals surface area contributed by atoms with Crippen molar-refractivity contribution in [2.45, 2.75) is 19.8 Å². The zero-order valence-corrected chi connectivity index (χ0v) is 15.1. The molecule has 0 radical (unpaired) electrons. The van der Waals surface area contributed by atoms with Crippen LogP contribution < -0.4 is 4.90 Å². The van der Waals surface area contributed by atoms with Crippen LogP contribution in [0, 0.1) is 16.7 Å². The lowest BCUT2D eigenvalue weighted by molar-refractivity contribution is -0.124. The lowest BCUT2D eigenvalue weighted by atomic mass is 9.77. The summed E-state index contributed by atoms with van der Waals surface area (Å²) >= 11 is 12.0. The number of nitriles is 1. The first kappa shape index (κ1) is 17.5. The highest BCUT2D eigenvalue weighted by Crippen LogP contribution is 2.46. The molecule has 4 nitrogen and oxygen atoms in total. The number of rotatable bonds is 2. The predicted octanol–water partition coefficient (Wildman–Crippen LogP) is 4.55. The van der Waals surface area contributed by atoms with Gasteiger partial charge in [-0.1, -0.05) is 35.3 Å². The fourth-order valence-electron chi connectivity index (χ4n) is 3.17. The molecule has 3 rings (SSSR count).